The van der Waals surface area contributed by atoms with Gasteiger partial charge >= 0.3 is 0 Å². The number of hydrogen-bond acceptors (Lipinski definition) is 5. The Morgan fingerprint density at radius 3 is 2.54 bits per heavy atom. The number of halogens is 1. The Bertz CT molecular complexity index is 1400. The molecule has 1 aromatic heterocycles. The number of rotatable bonds is 10. The minimum atomic E-state index is -0.334. The Morgan fingerprint density at radius 2 is 1.85 bits per heavy atom. The quantitative estimate of drug-likeness (QED) is 0.245. The van der Waals surface area contributed by atoms with E-state index in [1.807, 2.05) is 49.4 Å². The smallest absolute Gasteiger partial charge is 0.254 e. The number of methoxy groups -OCH3 is 1. The molecule has 202 valence electrons. The first-order valence-corrected chi connectivity index (χ1v) is 13.2. The second-order valence-corrected chi connectivity index (χ2v) is 9.44. The highest BCUT2D eigenvalue weighted by molar-refractivity contribution is 5.94. The second-order valence-electron chi connectivity index (χ2n) is 9.44. The van der Waals surface area contributed by atoms with Gasteiger partial charge in [-0.2, -0.15) is 5.10 Å². The van der Waals surface area contributed by atoms with Crippen LogP contribution in [0.4, 0.5) is 4.39 Å². The lowest BCUT2D eigenvalue weighted by Crippen LogP contribution is -2.37. The molecule has 0 radical (unpaired) electrons. The van der Waals surface area contributed by atoms with E-state index in [-0.39, 0.29) is 24.4 Å². The standard InChI is InChI=1S/C31H32FN3O4/c1-3-29-28(21-34(20-27-13-8-18-38-27)30(36)22-9-7-12-26(19-22)37-2)31(39-25-10-5-4-6-11-25)35(33-29)24-16-14-23(32)15-17-24/h4-7,9-12,14-17,19,27H,3,8,13,18,20-21H2,1-2H3. The van der Waals surface area contributed by atoms with Gasteiger partial charge in [0.15, 0.2) is 0 Å². The first-order valence-electron chi connectivity index (χ1n) is 13.2. The number of carbonyl (C=O) groups excluding carboxylic acids is 1. The Kier molecular flexibility index (Phi) is 8.22. The fourth-order valence-corrected chi connectivity index (χ4v) is 4.77. The molecule has 0 aliphatic carbocycles. The zero-order chi connectivity index (χ0) is 27.2. The molecule has 1 atom stereocenters. The zero-order valence-electron chi connectivity index (χ0n) is 22.2. The van der Waals surface area contributed by atoms with Crippen molar-refractivity contribution in [2.45, 2.75) is 38.8 Å². The molecule has 1 amide bonds. The van der Waals surface area contributed by atoms with Gasteiger partial charge in [0.2, 0.25) is 5.88 Å². The molecule has 0 N–H and O–H groups in total. The summed E-state index contributed by atoms with van der Waals surface area (Å²) in [6.45, 7) is 3.41. The van der Waals surface area contributed by atoms with Crippen LogP contribution < -0.4 is 9.47 Å². The molecule has 3 aromatic carbocycles. The SMILES string of the molecule is CCc1nn(-c2ccc(F)cc2)c(Oc2ccccc2)c1CN(CC1CCCO1)C(=O)c1cccc(OC)c1. The summed E-state index contributed by atoms with van der Waals surface area (Å²) < 4.78 is 33.1. The second kappa shape index (κ2) is 12.1. The lowest BCUT2D eigenvalue weighted by molar-refractivity contribution is 0.0505. The van der Waals surface area contributed by atoms with Gasteiger partial charge in [-0.3, -0.25) is 4.79 Å². The molecule has 1 aliphatic rings. The van der Waals surface area contributed by atoms with E-state index in [0.29, 0.717) is 48.2 Å². The third-order valence-corrected chi connectivity index (χ3v) is 6.78. The molecule has 1 saturated heterocycles. The molecule has 5 rings (SSSR count). The van der Waals surface area contributed by atoms with Gasteiger partial charge in [0, 0.05) is 18.7 Å². The van der Waals surface area contributed by atoms with Gasteiger partial charge in [-0.25, -0.2) is 9.07 Å². The van der Waals surface area contributed by atoms with Gasteiger partial charge in [0.05, 0.1) is 36.7 Å². The number of aryl methyl sites for hydroxylation is 1. The van der Waals surface area contributed by atoms with Crippen molar-refractivity contribution in [3.8, 4) is 23.1 Å². The van der Waals surface area contributed by atoms with Crippen molar-refractivity contribution in [2.75, 3.05) is 20.3 Å². The number of hydrogen-bond donors (Lipinski definition) is 0. The Morgan fingerprint density at radius 1 is 1.08 bits per heavy atom. The van der Waals surface area contributed by atoms with E-state index in [4.69, 9.17) is 19.3 Å². The summed E-state index contributed by atoms with van der Waals surface area (Å²) in [7, 11) is 1.58. The normalized spacial score (nSPS) is 14.8. The van der Waals surface area contributed by atoms with Crippen LogP contribution in [0.1, 0.15) is 41.4 Å². The molecule has 0 bridgehead atoms. The van der Waals surface area contributed by atoms with Crippen LogP contribution in [0.25, 0.3) is 5.69 Å². The highest BCUT2D eigenvalue weighted by Crippen LogP contribution is 2.33. The maximum Gasteiger partial charge on any atom is 0.254 e. The van der Waals surface area contributed by atoms with E-state index in [1.165, 1.54) is 12.1 Å². The summed E-state index contributed by atoms with van der Waals surface area (Å²) >= 11 is 0. The molecule has 1 fully saturated rings. The maximum atomic E-state index is 13.9. The van der Waals surface area contributed by atoms with E-state index < -0.39 is 0 Å². The van der Waals surface area contributed by atoms with Crippen molar-refractivity contribution in [1.29, 1.82) is 0 Å². The predicted molar refractivity (Wildman–Crippen MR) is 146 cm³/mol. The van der Waals surface area contributed by atoms with Gasteiger partial charge in [-0.05, 0) is 73.9 Å². The van der Waals surface area contributed by atoms with Crippen LogP contribution in [0.2, 0.25) is 0 Å². The molecule has 2 heterocycles. The van der Waals surface area contributed by atoms with Gasteiger partial charge in [0.1, 0.15) is 17.3 Å². The number of benzene rings is 3. The van der Waals surface area contributed by atoms with Crippen LogP contribution in [-0.2, 0) is 17.7 Å². The van der Waals surface area contributed by atoms with E-state index in [2.05, 4.69) is 0 Å². The van der Waals surface area contributed by atoms with E-state index in [0.717, 1.165) is 24.1 Å². The first kappa shape index (κ1) is 26.4. The molecule has 1 unspecified atom stereocenters. The molecule has 0 spiro atoms. The maximum absolute atomic E-state index is 13.9. The van der Waals surface area contributed by atoms with Gasteiger partial charge in [-0.1, -0.05) is 31.2 Å². The van der Waals surface area contributed by atoms with Crippen LogP contribution in [0.15, 0.2) is 78.9 Å². The van der Waals surface area contributed by atoms with Crippen LogP contribution in [0, 0.1) is 5.82 Å². The molecule has 7 nitrogen and oxygen atoms in total. The largest absolute Gasteiger partial charge is 0.497 e. The Labute approximate surface area is 227 Å². The summed E-state index contributed by atoms with van der Waals surface area (Å²) in [4.78, 5) is 15.7. The molecule has 4 aromatic rings. The number of aromatic nitrogens is 2. The first-order chi connectivity index (χ1) is 19.1. The number of nitrogens with zero attached hydrogens (tertiary/aromatic N) is 3. The molecule has 8 heteroatoms. The van der Waals surface area contributed by atoms with E-state index >= 15 is 0 Å². The summed E-state index contributed by atoms with van der Waals surface area (Å²) in [5.74, 6) is 1.27. The highest BCUT2D eigenvalue weighted by atomic mass is 19.1. The number of para-hydroxylation sites is 1. The van der Waals surface area contributed by atoms with Gasteiger partial charge < -0.3 is 19.1 Å². The van der Waals surface area contributed by atoms with Crippen molar-refractivity contribution in [3.63, 3.8) is 0 Å². The fraction of sp³-hybridized carbons (Fsp3) is 0.290. The highest BCUT2D eigenvalue weighted by Gasteiger charge is 2.28. The lowest BCUT2D eigenvalue weighted by Gasteiger charge is -2.26. The van der Waals surface area contributed by atoms with Gasteiger partial charge in [-0.15, -0.1) is 0 Å². The van der Waals surface area contributed by atoms with E-state index in [9.17, 15) is 9.18 Å². The van der Waals surface area contributed by atoms with Crippen LogP contribution in [0.3, 0.4) is 0 Å². The predicted octanol–water partition coefficient (Wildman–Crippen LogP) is 6.20. The van der Waals surface area contributed by atoms with Crippen molar-refractivity contribution >= 4 is 5.91 Å². The van der Waals surface area contributed by atoms with Crippen LogP contribution in [-0.4, -0.2) is 47.0 Å². The van der Waals surface area contributed by atoms with Crippen LogP contribution in [0.5, 0.6) is 17.4 Å². The number of amides is 1. The average molecular weight is 530 g/mol. The Hall–Kier alpha value is -4.17. The van der Waals surface area contributed by atoms with E-state index in [1.54, 1.807) is 41.0 Å². The fourth-order valence-electron chi connectivity index (χ4n) is 4.77. The topological polar surface area (TPSA) is 65.8 Å². The monoisotopic (exact) mass is 529 g/mol. The lowest BCUT2D eigenvalue weighted by atomic mass is 10.1. The molecular weight excluding hydrogens is 497 g/mol. The van der Waals surface area contributed by atoms with Crippen molar-refractivity contribution in [2.24, 2.45) is 0 Å². The number of ether oxygens (including phenoxy) is 3. The third-order valence-electron chi connectivity index (χ3n) is 6.78. The molecule has 0 saturated carbocycles. The van der Waals surface area contributed by atoms with Crippen molar-refractivity contribution in [3.05, 3.63) is 102 Å². The minimum Gasteiger partial charge on any atom is -0.497 e. The van der Waals surface area contributed by atoms with Gasteiger partial charge in [0.25, 0.3) is 5.91 Å². The Balaban J connectivity index is 1.57. The number of carbonyl (C=O) groups is 1. The summed E-state index contributed by atoms with van der Waals surface area (Å²) in [6.07, 6.45) is 2.44. The summed E-state index contributed by atoms with van der Waals surface area (Å²) in [5.41, 5.74) is 2.77. The zero-order valence-corrected chi connectivity index (χ0v) is 22.2. The summed E-state index contributed by atoms with van der Waals surface area (Å²) in [5, 5.41) is 4.85. The van der Waals surface area contributed by atoms with Crippen molar-refractivity contribution < 1.29 is 23.4 Å². The molecular formula is C31H32FN3O4. The van der Waals surface area contributed by atoms with Crippen LogP contribution >= 0.6 is 0 Å². The summed E-state index contributed by atoms with van der Waals surface area (Å²) in [6, 6.07) is 22.7. The molecule has 39 heavy (non-hydrogen) atoms. The third kappa shape index (κ3) is 6.12. The van der Waals surface area contributed by atoms with Crippen molar-refractivity contribution in [1.82, 2.24) is 14.7 Å². The average Bonchev–Trinajstić information content (AvgIpc) is 3.61. The minimum absolute atomic E-state index is 0.0460. The molecule has 1 aliphatic heterocycles.